The topological polar surface area (TPSA) is 37.3 Å². The molecule has 0 heterocycles. The van der Waals surface area contributed by atoms with E-state index in [1.165, 1.54) is 0 Å². The predicted molar refractivity (Wildman–Crippen MR) is 62.0 cm³/mol. The molecule has 15 heavy (non-hydrogen) atoms. The molecule has 2 rings (SSSR count). The lowest BCUT2D eigenvalue weighted by molar-refractivity contribution is 0.501. The predicted octanol–water partition coefficient (Wildman–Crippen LogP) is 1.91. The summed E-state index contributed by atoms with van der Waals surface area (Å²) in [7, 11) is -3.40. The smallest absolute Gasteiger partial charge is 0.258 e. The van der Waals surface area contributed by atoms with E-state index in [0.29, 0.717) is 10.6 Å². The summed E-state index contributed by atoms with van der Waals surface area (Å²) in [5, 5.41) is 0.937. The molecule has 0 unspecified atom stereocenters. The second-order valence-corrected chi connectivity index (χ2v) is 5.43. The first-order chi connectivity index (χ1) is 7.21. The molecule has 0 saturated carbocycles. The van der Waals surface area contributed by atoms with Crippen molar-refractivity contribution in [2.75, 3.05) is 0 Å². The lowest BCUT2D eigenvalue weighted by Crippen LogP contribution is -2.14. The van der Waals surface area contributed by atoms with Gasteiger partial charge in [-0.1, -0.05) is 36.4 Å². The van der Waals surface area contributed by atoms with E-state index in [4.69, 9.17) is 0 Å². The molecular formula is C12H11O2P. The van der Waals surface area contributed by atoms with Crippen molar-refractivity contribution in [3.05, 3.63) is 60.7 Å². The average molecular weight is 220 g/mol. The highest BCUT2D eigenvalue weighted by molar-refractivity contribution is 7.73. The second kappa shape index (κ2) is 4.01. The summed E-state index contributed by atoms with van der Waals surface area (Å²) in [4.78, 5) is 10.0. The van der Waals surface area contributed by atoms with Gasteiger partial charge in [-0.05, 0) is 24.3 Å². The molecule has 1 N–H and O–H groups in total. The third kappa shape index (κ3) is 2.01. The van der Waals surface area contributed by atoms with E-state index in [1.54, 1.807) is 48.5 Å². The Morgan fingerprint density at radius 2 is 1.07 bits per heavy atom. The Kier molecular flexibility index (Phi) is 2.72. The number of hydrogen-bond donors (Lipinski definition) is 1. The minimum atomic E-state index is -3.40. The maximum absolute atomic E-state index is 12.2. The van der Waals surface area contributed by atoms with E-state index in [1.807, 2.05) is 12.1 Å². The van der Waals surface area contributed by atoms with E-state index in [2.05, 4.69) is 0 Å². The molecule has 0 fully saturated rings. The van der Waals surface area contributed by atoms with Crippen LogP contribution in [0.15, 0.2) is 60.7 Å². The number of hydrogen-bond acceptors (Lipinski definition) is 1. The Morgan fingerprint density at radius 3 is 1.40 bits per heavy atom. The molecule has 0 bridgehead atoms. The molecule has 0 saturated heterocycles. The van der Waals surface area contributed by atoms with Gasteiger partial charge in [-0.3, -0.25) is 4.57 Å². The van der Waals surface area contributed by atoms with Gasteiger partial charge in [0.05, 0.1) is 0 Å². The molecule has 0 radical (unpaired) electrons. The van der Waals surface area contributed by atoms with Crippen molar-refractivity contribution in [1.82, 2.24) is 0 Å². The third-order valence-electron chi connectivity index (χ3n) is 2.21. The largest absolute Gasteiger partial charge is 0.338 e. The second-order valence-electron chi connectivity index (χ2n) is 3.25. The van der Waals surface area contributed by atoms with Crippen LogP contribution in [0.3, 0.4) is 0 Å². The fourth-order valence-electron chi connectivity index (χ4n) is 1.41. The van der Waals surface area contributed by atoms with Crippen molar-refractivity contribution in [2.24, 2.45) is 0 Å². The summed E-state index contributed by atoms with van der Waals surface area (Å²) < 4.78 is 12.2. The number of benzene rings is 2. The maximum atomic E-state index is 12.2. The molecule has 0 aromatic heterocycles. The monoisotopic (exact) mass is 220 g/mol. The van der Waals surface area contributed by atoms with Crippen LogP contribution in [-0.2, 0) is 4.57 Å². The van der Waals surface area contributed by atoms with Gasteiger partial charge >= 0.3 is 0 Å². The van der Waals surface area contributed by atoms with E-state index >= 15 is 0 Å². The molecule has 0 aliphatic rings. The average Bonchev–Trinajstić information content (AvgIpc) is 2.31. The highest BCUT2D eigenvalue weighted by atomic mass is 31.2. The lowest BCUT2D eigenvalue weighted by Gasteiger charge is -2.11. The highest BCUT2D eigenvalue weighted by Crippen LogP contribution is 2.37. The van der Waals surface area contributed by atoms with Crippen molar-refractivity contribution in [1.29, 1.82) is 0 Å². The van der Waals surface area contributed by atoms with Crippen molar-refractivity contribution >= 4 is 18.0 Å². The van der Waals surface area contributed by atoms with Crippen LogP contribution >= 0.6 is 7.37 Å². The molecular weight excluding hydrogens is 209 g/mol. The van der Waals surface area contributed by atoms with Crippen LogP contribution in [0, 0.1) is 0 Å². The highest BCUT2D eigenvalue weighted by Gasteiger charge is 2.22. The molecule has 3 heteroatoms. The van der Waals surface area contributed by atoms with Gasteiger partial charge in [0.2, 0.25) is 0 Å². The fourth-order valence-corrected chi connectivity index (χ4v) is 2.86. The Balaban J connectivity index is 2.50. The summed E-state index contributed by atoms with van der Waals surface area (Å²) in [6.45, 7) is 0. The van der Waals surface area contributed by atoms with Gasteiger partial charge in [-0.2, -0.15) is 0 Å². The normalized spacial score (nSPS) is 11.3. The van der Waals surface area contributed by atoms with E-state index < -0.39 is 7.37 Å². The van der Waals surface area contributed by atoms with Crippen LogP contribution < -0.4 is 10.6 Å². The first-order valence-corrected chi connectivity index (χ1v) is 6.31. The van der Waals surface area contributed by atoms with Crippen molar-refractivity contribution in [2.45, 2.75) is 0 Å². The first-order valence-electron chi connectivity index (χ1n) is 4.65. The quantitative estimate of drug-likeness (QED) is 0.620. The summed E-state index contributed by atoms with van der Waals surface area (Å²) in [6.07, 6.45) is 0. The molecule has 0 aliphatic carbocycles. The molecule has 0 amide bonds. The summed E-state index contributed by atoms with van der Waals surface area (Å²) in [5.41, 5.74) is 0. The zero-order chi connectivity index (χ0) is 10.7. The summed E-state index contributed by atoms with van der Waals surface area (Å²) in [5.74, 6) is 0. The van der Waals surface area contributed by atoms with Gasteiger partial charge < -0.3 is 4.89 Å². The Labute approximate surface area is 88.7 Å². The summed E-state index contributed by atoms with van der Waals surface area (Å²) in [6, 6.07) is 17.4. The van der Waals surface area contributed by atoms with Crippen molar-refractivity contribution in [3.8, 4) is 0 Å². The Bertz CT molecular complexity index is 436. The molecule has 0 spiro atoms. The number of rotatable bonds is 2. The van der Waals surface area contributed by atoms with Crippen molar-refractivity contribution in [3.63, 3.8) is 0 Å². The molecule has 2 aromatic rings. The van der Waals surface area contributed by atoms with Crippen LogP contribution in [0.1, 0.15) is 0 Å². The van der Waals surface area contributed by atoms with Gasteiger partial charge in [-0.25, -0.2) is 0 Å². The molecule has 76 valence electrons. The van der Waals surface area contributed by atoms with Crippen LogP contribution in [0.5, 0.6) is 0 Å². The third-order valence-corrected chi connectivity index (χ3v) is 4.21. The Morgan fingerprint density at radius 1 is 0.733 bits per heavy atom. The fraction of sp³-hybridized carbons (Fsp3) is 0. The lowest BCUT2D eigenvalue weighted by atomic mass is 10.4. The van der Waals surface area contributed by atoms with Gasteiger partial charge in [0.1, 0.15) is 0 Å². The van der Waals surface area contributed by atoms with Crippen LogP contribution in [-0.4, -0.2) is 4.89 Å². The van der Waals surface area contributed by atoms with Crippen LogP contribution in [0.2, 0.25) is 0 Å². The molecule has 2 aromatic carbocycles. The zero-order valence-corrected chi connectivity index (χ0v) is 8.97. The van der Waals surface area contributed by atoms with Gasteiger partial charge in [0, 0.05) is 10.6 Å². The van der Waals surface area contributed by atoms with Gasteiger partial charge in [0.25, 0.3) is 7.37 Å². The molecule has 0 atom stereocenters. The SMILES string of the molecule is O=P([18OH])(c1ccccc1)c1ccccc1. The van der Waals surface area contributed by atoms with E-state index in [0.717, 1.165) is 0 Å². The van der Waals surface area contributed by atoms with E-state index in [9.17, 15) is 9.46 Å². The van der Waals surface area contributed by atoms with Gasteiger partial charge in [-0.15, -0.1) is 0 Å². The molecule has 0 aliphatic heterocycles. The van der Waals surface area contributed by atoms with Crippen molar-refractivity contribution < 1.29 is 9.46 Å². The standard InChI is InChI=1S/C12H11O2P/c13-15(14,11-7-3-1-4-8-11)12-9-5-2-6-10-12/h1-10H,(H,13,14)/i13+2. The minimum absolute atomic E-state index is 0.469. The Hall–Kier alpha value is -1.37. The zero-order valence-electron chi connectivity index (χ0n) is 8.08. The van der Waals surface area contributed by atoms with E-state index in [-0.39, 0.29) is 0 Å². The van der Waals surface area contributed by atoms with Crippen LogP contribution in [0.25, 0.3) is 0 Å². The maximum Gasteiger partial charge on any atom is 0.258 e. The summed E-state index contributed by atoms with van der Waals surface area (Å²) >= 11 is 0. The van der Waals surface area contributed by atoms with Gasteiger partial charge in [0.15, 0.2) is 0 Å². The minimum Gasteiger partial charge on any atom is -0.338 e. The first kappa shape index (κ1) is 10.2. The van der Waals surface area contributed by atoms with Crippen LogP contribution in [0.4, 0.5) is 0 Å². The molecule has 2 nitrogen and oxygen atoms in total.